The molecule has 0 aromatic heterocycles. The third-order valence-electron chi connectivity index (χ3n) is 15.2. The van der Waals surface area contributed by atoms with Crippen molar-refractivity contribution < 1.29 is 9.59 Å². The van der Waals surface area contributed by atoms with E-state index in [1.54, 1.807) is 16.7 Å². The lowest BCUT2D eigenvalue weighted by molar-refractivity contribution is -0.142. The number of hydrogen-bond acceptors (Lipinski definition) is 5. The van der Waals surface area contributed by atoms with E-state index >= 15 is 0 Å². The average molecular weight is 765 g/mol. The van der Waals surface area contributed by atoms with Gasteiger partial charge in [0.25, 0.3) is 0 Å². The van der Waals surface area contributed by atoms with Gasteiger partial charge >= 0.3 is 0 Å². The van der Waals surface area contributed by atoms with E-state index in [9.17, 15) is 9.59 Å². The first-order valence-electron chi connectivity index (χ1n) is 21.4. The van der Waals surface area contributed by atoms with E-state index in [0.29, 0.717) is 29.3 Å². The Hall–Kier alpha value is -1.64. The van der Waals surface area contributed by atoms with Crippen molar-refractivity contribution in [2.24, 2.45) is 52.3 Å². The standard InChI is InChI=1S/C45H72N4O2S2/c1-31(2)13-12-14-32(3)37-19-20-38-36-18-17-34-25-35(21-23-44(34,7)39(36)22-24-45(37,38)8)46-40(50)27-49(43(4,5)6)41(51)28-47-29-48(42(52)53-30-47)26-33-15-10-9-11-16-33/h9-11,15-16,31-32,34-39H,12-14,17-30H2,1-8H3,(H,46,50)/t32-,34?,35+,36+,37-,38+,39+,44+,45-/m1/s1. The van der Waals surface area contributed by atoms with Crippen LogP contribution in [0.4, 0.5) is 0 Å². The monoisotopic (exact) mass is 765 g/mol. The van der Waals surface area contributed by atoms with Crippen LogP contribution in [-0.2, 0) is 16.1 Å². The summed E-state index contributed by atoms with van der Waals surface area (Å²) in [6, 6.07) is 10.5. The minimum absolute atomic E-state index is 0.00123. The van der Waals surface area contributed by atoms with Gasteiger partial charge in [-0.15, -0.1) is 0 Å². The fraction of sp³-hybridized carbons (Fsp3) is 0.800. The zero-order valence-electron chi connectivity index (χ0n) is 34.5. The first kappa shape index (κ1) is 41.0. The van der Waals surface area contributed by atoms with Crippen LogP contribution >= 0.6 is 24.0 Å². The smallest absolute Gasteiger partial charge is 0.239 e. The summed E-state index contributed by atoms with van der Waals surface area (Å²) in [7, 11) is 0. The molecular formula is C45H72N4O2S2. The SMILES string of the molecule is CC(C)CCC[C@@H](C)[C@H]1CC[C@H]2[C@@H]3CCC4C[C@@H](NC(=O)CN(C(=O)CN5CSC(=S)N(Cc6ccccc6)C5)C(C)(C)C)CC[C@]4(C)[C@H]3CC[C@]12C. The summed E-state index contributed by atoms with van der Waals surface area (Å²) in [4.78, 5) is 33.7. The maximum Gasteiger partial charge on any atom is 0.239 e. The molecule has 2 amide bonds. The highest BCUT2D eigenvalue weighted by atomic mass is 32.2. The van der Waals surface area contributed by atoms with Crippen LogP contribution in [0.25, 0.3) is 0 Å². The molecule has 296 valence electrons. The van der Waals surface area contributed by atoms with Gasteiger partial charge in [0.2, 0.25) is 11.8 Å². The zero-order valence-corrected chi connectivity index (χ0v) is 36.1. The summed E-state index contributed by atoms with van der Waals surface area (Å²) >= 11 is 7.28. The topological polar surface area (TPSA) is 55.9 Å². The molecule has 6 nitrogen and oxygen atoms in total. The van der Waals surface area contributed by atoms with Gasteiger partial charge in [0, 0.05) is 18.1 Å². The minimum Gasteiger partial charge on any atom is -0.352 e. The zero-order chi connectivity index (χ0) is 38.1. The number of fused-ring (bicyclic) bond motifs is 5. The number of amides is 2. The number of carbonyl (C=O) groups excluding carboxylic acids is 2. The van der Waals surface area contributed by atoms with Gasteiger partial charge in [-0.2, -0.15) is 0 Å². The minimum atomic E-state index is -0.458. The molecule has 6 rings (SSSR count). The summed E-state index contributed by atoms with van der Waals surface area (Å²) in [5.41, 5.74) is 1.67. The lowest BCUT2D eigenvalue weighted by Crippen LogP contribution is -2.57. The first-order chi connectivity index (χ1) is 25.1. The molecule has 9 atom stereocenters. The molecule has 1 aliphatic heterocycles. The van der Waals surface area contributed by atoms with Gasteiger partial charge in [-0.3, -0.25) is 14.5 Å². The van der Waals surface area contributed by atoms with Gasteiger partial charge in [0.1, 0.15) is 10.9 Å². The molecule has 1 saturated heterocycles. The Balaban J connectivity index is 1.01. The second kappa shape index (κ2) is 16.8. The molecule has 4 saturated carbocycles. The molecule has 1 heterocycles. The Morgan fingerprint density at radius 1 is 0.962 bits per heavy atom. The van der Waals surface area contributed by atoms with Crippen LogP contribution in [0.2, 0.25) is 0 Å². The van der Waals surface area contributed by atoms with Crippen LogP contribution < -0.4 is 5.32 Å². The number of nitrogens with zero attached hydrogens (tertiary/aromatic N) is 3. The predicted octanol–water partition coefficient (Wildman–Crippen LogP) is 9.97. The van der Waals surface area contributed by atoms with Crippen LogP contribution in [0.5, 0.6) is 0 Å². The lowest BCUT2D eigenvalue weighted by atomic mass is 9.44. The summed E-state index contributed by atoms with van der Waals surface area (Å²) in [5.74, 6) is 6.56. The molecule has 53 heavy (non-hydrogen) atoms. The number of carbonyl (C=O) groups is 2. The molecule has 0 bridgehead atoms. The Labute approximate surface area is 332 Å². The highest BCUT2D eigenvalue weighted by Gasteiger charge is 2.60. The van der Waals surface area contributed by atoms with Gasteiger partial charge in [-0.25, -0.2) is 0 Å². The fourth-order valence-electron chi connectivity index (χ4n) is 12.4. The summed E-state index contributed by atoms with van der Waals surface area (Å²) in [6.45, 7) is 20.5. The molecule has 0 spiro atoms. The van der Waals surface area contributed by atoms with Crippen molar-refractivity contribution >= 4 is 40.1 Å². The van der Waals surface area contributed by atoms with Crippen molar-refractivity contribution in [2.75, 3.05) is 25.6 Å². The van der Waals surface area contributed by atoms with Crippen LogP contribution in [0.3, 0.4) is 0 Å². The first-order valence-corrected chi connectivity index (χ1v) is 22.8. The van der Waals surface area contributed by atoms with Crippen molar-refractivity contribution in [3.05, 3.63) is 35.9 Å². The summed E-state index contributed by atoms with van der Waals surface area (Å²) < 4.78 is 0.869. The average Bonchev–Trinajstić information content (AvgIpc) is 3.46. The molecule has 1 aromatic rings. The van der Waals surface area contributed by atoms with Gasteiger partial charge in [-0.05, 0) is 136 Å². The van der Waals surface area contributed by atoms with Crippen LogP contribution in [0, 0.1) is 52.3 Å². The Kier molecular flexibility index (Phi) is 13.0. The van der Waals surface area contributed by atoms with E-state index in [-0.39, 0.29) is 30.9 Å². The van der Waals surface area contributed by atoms with Gasteiger partial charge < -0.3 is 15.1 Å². The van der Waals surface area contributed by atoms with Crippen molar-refractivity contribution in [3.63, 3.8) is 0 Å². The van der Waals surface area contributed by atoms with E-state index in [0.717, 1.165) is 59.2 Å². The largest absolute Gasteiger partial charge is 0.352 e. The van der Waals surface area contributed by atoms with Gasteiger partial charge in [-0.1, -0.05) is 108 Å². The lowest BCUT2D eigenvalue weighted by Gasteiger charge is -2.61. The van der Waals surface area contributed by atoms with Crippen LogP contribution in [-0.4, -0.2) is 68.1 Å². The highest BCUT2D eigenvalue weighted by Crippen LogP contribution is 2.68. The molecular weight excluding hydrogens is 693 g/mol. The maximum absolute atomic E-state index is 13.9. The molecule has 1 aromatic carbocycles. The number of benzene rings is 1. The number of thioether (sulfide) groups is 1. The van der Waals surface area contributed by atoms with Crippen LogP contribution in [0.1, 0.15) is 138 Å². The third-order valence-corrected chi connectivity index (χ3v) is 16.8. The molecule has 4 aliphatic carbocycles. The van der Waals surface area contributed by atoms with Gasteiger partial charge in [0.15, 0.2) is 0 Å². The number of hydrogen-bond donors (Lipinski definition) is 1. The van der Waals surface area contributed by atoms with Crippen LogP contribution in [0.15, 0.2) is 30.3 Å². The van der Waals surface area contributed by atoms with Crippen molar-refractivity contribution in [3.8, 4) is 0 Å². The summed E-state index contributed by atoms with van der Waals surface area (Å²) in [6.07, 6.45) is 16.0. The molecule has 1 N–H and O–H groups in total. The Bertz CT molecular complexity index is 1430. The molecule has 5 aliphatic rings. The van der Waals surface area contributed by atoms with Gasteiger partial charge in [0.05, 0.1) is 19.1 Å². The Morgan fingerprint density at radius 2 is 1.68 bits per heavy atom. The second-order valence-corrected chi connectivity index (χ2v) is 21.6. The molecule has 0 radical (unpaired) electrons. The third kappa shape index (κ3) is 9.17. The quantitative estimate of drug-likeness (QED) is 0.214. The number of thiocarbonyl (C=S) groups is 1. The van der Waals surface area contributed by atoms with E-state index in [1.807, 2.05) is 39.0 Å². The van der Waals surface area contributed by atoms with E-state index in [2.05, 4.69) is 61.9 Å². The van der Waals surface area contributed by atoms with E-state index < -0.39 is 5.54 Å². The second-order valence-electron chi connectivity index (χ2n) is 20.1. The summed E-state index contributed by atoms with van der Waals surface area (Å²) in [5, 5.41) is 3.45. The molecule has 1 unspecified atom stereocenters. The highest BCUT2D eigenvalue weighted by molar-refractivity contribution is 8.22. The Morgan fingerprint density at radius 3 is 2.40 bits per heavy atom. The van der Waals surface area contributed by atoms with E-state index in [4.69, 9.17) is 12.2 Å². The number of rotatable bonds is 12. The maximum atomic E-state index is 13.9. The molecule has 5 fully saturated rings. The number of nitrogens with one attached hydrogen (secondary N) is 1. The molecule has 8 heteroatoms. The van der Waals surface area contributed by atoms with Crippen molar-refractivity contribution in [2.45, 2.75) is 151 Å². The predicted molar refractivity (Wildman–Crippen MR) is 225 cm³/mol. The normalized spacial score (nSPS) is 33.9. The van der Waals surface area contributed by atoms with Crippen molar-refractivity contribution in [1.82, 2.24) is 20.0 Å². The van der Waals surface area contributed by atoms with E-state index in [1.165, 1.54) is 69.8 Å². The fourth-order valence-corrected chi connectivity index (χ4v) is 13.4. The van der Waals surface area contributed by atoms with Crippen molar-refractivity contribution in [1.29, 1.82) is 0 Å².